The molecule has 0 bridgehead atoms. The zero-order valence-corrected chi connectivity index (χ0v) is 24.6. The Balaban J connectivity index is 1.29. The first-order valence-electron chi connectivity index (χ1n) is 14.5. The van der Waals surface area contributed by atoms with E-state index in [1.165, 1.54) is 0 Å². The van der Waals surface area contributed by atoms with Gasteiger partial charge in [0, 0.05) is 25.8 Å². The van der Waals surface area contributed by atoms with Gasteiger partial charge in [0.15, 0.2) is 0 Å². The van der Waals surface area contributed by atoms with E-state index in [4.69, 9.17) is 19.7 Å². The number of benzene rings is 2. The quantitative estimate of drug-likeness (QED) is 0.221. The van der Waals surface area contributed by atoms with Crippen LogP contribution in [-0.4, -0.2) is 67.8 Å². The lowest BCUT2D eigenvalue weighted by Gasteiger charge is -2.19. The topological polar surface area (TPSA) is 155 Å². The number of carboxylic acid groups (broad SMARTS) is 1. The van der Waals surface area contributed by atoms with E-state index in [1.807, 2.05) is 71.6 Å². The molecule has 3 aromatic heterocycles. The van der Waals surface area contributed by atoms with Crippen molar-refractivity contribution in [2.24, 2.45) is 5.92 Å². The number of methoxy groups -OCH3 is 1. The summed E-state index contributed by atoms with van der Waals surface area (Å²) in [5.41, 5.74) is 4.81. The Morgan fingerprint density at radius 3 is 2.64 bits per heavy atom. The van der Waals surface area contributed by atoms with Crippen LogP contribution in [0, 0.1) is 17.2 Å². The Morgan fingerprint density at radius 2 is 1.87 bits per heavy atom. The maximum atomic E-state index is 11.4. The van der Waals surface area contributed by atoms with Crippen LogP contribution in [0.5, 0.6) is 0 Å². The van der Waals surface area contributed by atoms with Crippen molar-refractivity contribution >= 4 is 17.7 Å². The fourth-order valence-electron chi connectivity index (χ4n) is 5.33. The number of nitrogens with zero attached hydrogens (tertiary/aromatic N) is 8. The van der Waals surface area contributed by atoms with Gasteiger partial charge in [0.1, 0.15) is 11.5 Å². The van der Waals surface area contributed by atoms with E-state index in [0.29, 0.717) is 61.3 Å². The lowest BCUT2D eigenvalue weighted by atomic mass is 10.1. The second-order valence-corrected chi connectivity index (χ2v) is 10.8. The number of ether oxygens (including phenoxy) is 1. The minimum Gasteiger partial charge on any atom is -0.481 e. The normalized spacial score (nSPS) is 15.0. The van der Waals surface area contributed by atoms with E-state index in [1.54, 1.807) is 30.1 Å². The Hall–Kier alpha value is -5.67. The molecule has 5 aromatic rings. The average Bonchev–Trinajstić information content (AvgIpc) is 3.76. The van der Waals surface area contributed by atoms with Crippen LogP contribution < -0.4 is 10.2 Å². The Kier molecular flexibility index (Phi) is 8.70. The minimum atomic E-state index is -0.776. The summed E-state index contributed by atoms with van der Waals surface area (Å²) in [5.74, 6) is -0.0336. The van der Waals surface area contributed by atoms with E-state index < -0.39 is 5.97 Å². The van der Waals surface area contributed by atoms with E-state index in [0.717, 1.165) is 22.6 Å². The molecule has 12 nitrogen and oxygen atoms in total. The summed E-state index contributed by atoms with van der Waals surface area (Å²) >= 11 is 0. The molecule has 4 heterocycles. The fourth-order valence-corrected chi connectivity index (χ4v) is 5.33. The molecule has 226 valence electrons. The van der Waals surface area contributed by atoms with Gasteiger partial charge in [-0.05, 0) is 42.3 Å². The van der Waals surface area contributed by atoms with Crippen molar-refractivity contribution in [2.45, 2.75) is 19.0 Å². The minimum absolute atomic E-state index is 0.208. The highest BCUT2D eigenvalue weighted by molar-refractivity contribution is 5.72. The third kappa shape index (κ3) is 6.95. The molecule has 1 aliphatic heterocycles. The average molecular weight is 602 g/mol. The van der Waals surface area contributed by atoms with Crippen LogP contribution in [0.2, 0.25) is 0 Å². The molecule has 1 fully saturated rings. The van der Waals surface area contributed by atoms with Crippen molar-refractivity contribution in [3.63, 3.8) is 0 Å². The number of hydrogen-bond donors (Lipinski definition) is 2. The molecule has 12 heteroatoms. The van der Waals surface area contributed by atoms with Gasteiger partial charge < -0.3 is 20.1 Å². The van der Waals surface area contributed by atoms with Gasteiger partial charge in [-0.3, -0.25) is 4.79 Å². The summed E-state index contributed by atoms with van der Waals surface area (Å²) in [6.45, 7) is 1.86. The van der Waals surface area contributed by atoms with Crippen molar-refractivity contribution in [2.75, 3.05) is 37.0 Å². The Morgan fingerprint density at radius 1 is 1.04 bits per heavy atom. The number of carbonyl (C=O) groups is 1. The number of carboxylic acids is 1. The van der Waals surface area contributed by atoms with Crippen LogP contribution in [0.1, 0.15) is 29.3 Å². The molecule has 0 unspecified atom stereocenters. The molecule has 1 saturated heterocycles. The summed E-state index contributed by atoms with van der Waals surface area (Å²) in [6, 6.07) is 26.7. The van der Waals surface area contributed by atoms with Crippen molar-refractivity contribution in [3.05, 3.63) is 102 Å². The van der Waals surface area contributed by atoms with Crippen LogP contribution >= 0.6 is 0 Å². The van der Waals surface area contributed by atoms with Gasteiger partial charge in [0.2, 0.25) is 5.95 Å². The Labute approximate surface area is 260 Å². The van der Waals surface area contributed by atoms with E-state index in [2.05, 4.69) is 21.7 Å². The van der Waals surface area contributed by atoms with Crippen LogP contribution in [0.4, 0.5) is 11.8 Å². The summed E-state index contributed by atoms with van der Waals surface area (Å²) in [4.78, 5) is 27.8. The van der Waals surface area contributed by atoms with Crippen molar-refractivity contribution in [1.82, 2.24) is 29.9 Å². The van der Waals surface area contributed by atoms with Gasteiger partial charge in [-0.2, -0.15) is 5.26 Å². The summed E-state index contributed by atoms with van der Waals surface area (Å²) in [7, 11) is 1.65. The van der Waals surface area contributed by atoms with Crippen LogP contribution in [0.15, 0.2) is 85.1 Å². The van der Waals surface area contributed by atoms with Crippen LogP contribution in [0.3, 0.4) is 0 Å². The van der Waals surface area contributed by atoms with Crippen molar-refractivity contribution < 1.29 is 14.6 Å². The molecule has 2 aromatic carbocycles. The zero-order chi connectivity index (χ0) is 31.2. The number of aromatic nitrogens is 6. The second-order valence-electron chi connectivity index (χ2n) is 10.8. The fraction of sp³-hybridized carbons (Fsp3) is 0.242. The number of pyridine rings is 1. The molecule has 0 radical (unpaired) electrons. The summed E-state index contributed by atoms with van der Waals surface area (Å²) < 4.78 is 7.18. The molecule has 2 atom stereocenters. The molecule has 1 aliphatic rings. The molecule has 2 N–H and O–H groups in total. The number of anilines is 2. The maximum Gasteiger partial charge on any atom is 0.308 e. The van der Waals surface area contributed by atoms with Gasteiger partial charge in [-0.1, -0.05) is 53.7 Å². The maximum absolute atomic E-state index is 11.4. The molecule has 6 rings (SSSR count). The number of nitriles is 1. The van der Waals surface area contributed by atoms with E-state index >= 15 is 0 Å². The third-order valence-corrected chi connectivity index (χ3v) is 7.63. The third-order valence-electron chi connectivity index (χ3n) is 7.63. The first-order valence-corrected chi connectivity index (χ1v) is 14.5. The first-order chi connectivity index (χ1) is 22.0. The van der Waals surface area contributed by atoms with Gasteiger partial charge in [0.25, 0.3) is 0 Å². The molecule has 0 aliphatic carbocycles. The number of hydrogen-bond acceptors (Lipinski definition) is 10. The predicted octanol–water partition coefficient (Wildman–Crippen LogP) is 4.43. The molecule has 0 spiro atoms. The lowest BCUT2D eigenvalue weighted by Crippen LogP contribution is -2.23. The number of nitrogens with one attached hydrogen (secondary N) is 1. The molecule has 45 heavy (non-hydrogen) atoms. The summed E-state index contributed by atoms with van der Waals surface area (Å²) in [6.07, 6.45) is 2.40. The summed E-state index contributed by atoms with van der Waals surface area (Å²) in [5, 5.41) is 31.0. The van der Waals surface area contributed by atoms with Crippen molar-refractivity contribution in [1.29, 1.82) is 5.26 Å². The van der Waals surface area contributed by atoms with Gasteiger partial charge in [-0.25, -0.2) is 19.6 Å². The first kappa shape index (κ1) is 29.4. The molecule has 0 saturated carbocycles. The number of rotatable bonds is 11. The molecular formula is C33H31N9O3. The highest BCUT2D eigenvalue weighted by atomic mass is 16.5. The van der Waals surface area contributed by atoms with Crippen molar-refractivity contribution in [3.8, 4) is 28.7 Å². The van der Waals surface area contributed by atoms with E-state index in [9.17, 15) is 15.2 Å². The Bertz CT molecular complexity index is 1840. The van der Waals surface area contributed by atoms with Gasteiger partial charge in [0.05, 0.1) is 60.0 Å². The van der Waals surface area contributed by atoms with Crippen LogP contribution in [-0.2, 0) is 16.1 Å². The highest BCUT2D eigenvalue weighted by Gasteiger charge is 2.28. The van der Waals surface area contributed by atoms with Crippen LogP contribution in [0.25, 0.3) is 22.6 Å². The molecule has 0 amide bonds. The van der Waals surface area contributed by atoms with Gasteiger partial charge in [-0.15, -0.1) is 5.10 Å². The van der Waals surface area contributed by atoms with Gasteiger partial charge >= 0.3 is 5.97 Å². The standard InChI is InChI=1S/C33H31N9O3/c1-45-21-30(23-8-3-2-4-9-23)38-33-36-27(24-10-5-7-22(15-24)17-34)16-28(37-33)29-20-42(40-39-29)19-26-11-6-12-31(35-26)41-14-13-25(18-41)32(43)44/h2-12,15-16,20,25,30H,13-14,18-19,21H2,1H3,(H,43,44)(H,36,37,38)/t25-,30+/m0/s1. The predicted molar refractivity (Wildman–Crippen MR) is 167 cm³/mol. The SMILES string of the molecule is COC[C@@H](Nc1nc(-c2cccc(C#N)c2)cc(-c2cn(Cc3cccc(N4CC[C@H](C(=O)O)C4)n3)nn2)n1)c1ccccc1. The largest absolute Gasteiger partial charge is 0.481 e. The van der Waals surface area contributed by atoms with E-state index in [-0.39, 0.29) is 12.0 Å². The monoisotopic (exact) mass is 601 g/mol. The second kappa shape index (κ2) is 13.3. The smallest absolute Gasteiger partial charge is 0.308 e. The lowest BCUT2D eigenvalue weighted by molar-refractivity contribution is -0.140. The zero-order valence-electron chi connectivity index (χ0n) is 24.6. The highest BCUT2D eigenvalue weighted by Crippen LogP contribution is 2.27. The molecular weight excluding hydrogens is 570 g/mol. The number of aliphatic carboxylic acids is 1.